The lowest BCUT2D eigenvalue weighted by molar-refractivity contribution is -0.131. The highest BCUT2D eigenvalue weighted by molar-refractivity contribution is 7.78. The van der Waals surface area contributed by atoms with E-state index in [-0.39, 0.29) is 0 Å². The average molecular weight is 205 g/mol. The molecule has 1 aromatic carbocycles. The van der Waals surface area contributed by atoms with Gasteiger partial charge in [0, 0.05) is 11.6 Å². The van der Waals surface area contributed by atoms with Crippen LogP contribution in [0.2, 0.25) is 0 Å². The molecule has 0 aromatic heterocycles. The molecule has 4 heteroatoms. The van der Waals surface area contributed by atoms with Crippen molar-refractivity contribution in [1.82, 2.24) is 0 Å². The van der Waals surface area contributed by atoms with E-state index in [1.54, 1.807) is 24.3 Å². The van der Waals surface area contributed by atoms with Gasteiger partial charge in [-0.1, -0.05) is 18.2 Å². The molecule has 0 amide bonds. The number of aliphatic carboxylic acids is 1. The molecule has 14 heavy (non-hydrogen) atoms. The Hall–Kier alpha value is -1.77. The van der Waals surface area contributed by atoms with Crippen molar-refractivity contribution in [3.63, 3.8) is 0 Å². The van der Waals surface area contributed by atoms with Gasteiger partial charge in [-0.25, -0.2) is 4.79 Å². The summed E-state index contributed by atoms with van der Waals surface area (Å²) in [4.78, 5) is 14.1. The van der Waals surface area contributed by atoms with Crippen molar-refractivity contribution < 1.29 is 9.90 Å². The third kappa shape index (κ3) is 2.94. The van der Waals surface area contributed by atoms with Gasteiger partial charge < -0.3 is 5.11 Å². The Bertz CT molecular complexity index is 420. The van der Waals surface area contributed by atoms with Gasteiger partial charge in [0.1, 0.15) is 0 Å². The first-order valence-electron chi connectivity index (χ1n) is 3.82. The molecule has 0 fully saturated rings. The number of aliphatic imine (C=N–C) groups is 1. The van der Waals surface area contributed by atoms with Gasteiger partial charge in [0.05, 0.1) is 10.8 Å². The zero-order chi connectivity index (χ0) is 10.4. The smallest absolute Gasteiger partial charge is 0.328 e. The van der Waals surface area contributed by atoms with Crippen LogP contribution < -0.4 is 0 Å². The monoisotopic (exact) mass is 205 g/mol. The third-order valence-electron chi connectivity index (χ3n) is 1.51. The average Bonchev–Trinajstić information content (AvgIpc) is 2.17. The van der Waals surface area contributed by atoms with E-state index in [4.69, 9.17) is 5.11 Å². The summed E-state index contributed by atoms with van der Waals surface area (Å²) in [7, 11) is 0. The summed E-state index contributed by atoms with van der Waals surface area (Å²) in [5.41, 5.74) is 1.31. The molecule has 0 bridgehead atoms. The number of rotatable bonds is 3. The SMILES string of the molecule is O=C(O)C=Cc1ccccc1N=C=S. The summed E-state index contributed by atoms with van der Waals surface area (Å²) in [6, 6.07) is 7.08. The van der Waals surface area contributed by atoms with Gasteiger partial charge in [-0.2, -0.15) is 4.99 Å². The third-order valence-corrected chi connectivity index (χ3v) is 1.60. The molecule has 1 aromatic rings. The zero-order valence-corrected chi connectivity index (χ0v) is 7.99. The van der Waals surface area contributed by atoms with E-state index < -0.39 is 5.97 Å². The predicted octanol–water partition coefficient (Wildman–Crippen LogP) is 2.52. The van der Waals surface area contributed by atoms with Gasteiger partial charge in [0.2, 0.25) is 0 Å². The molecule has 1 rings (SSSR count). The molecule has 0 saturated carbocycles. The van der Waals surface area contributed by atoms with Gasteiger partial charge in [0.15, 0.2) is 0 Å². The van der Waals surface area contributed by atoms with E-state index >= 15 is 0 Å². The van der Waals surface area contributed by atoms with Crippen LogP contribution >= 0.6 is 12.2 Å². The van der Waals surface area contributed by atoms with Crippen LogP contribution in [0.25, 0.3) is 6.08 Å². The molecule has 70 valence electrons. The maximum Gasteiger partial charge on any atom is 0.328 e. The second-order valence-electron chi connectivity index (χ2n) is 2.43. The molecule has 0 aliphatic rings. The molecule has 0 radical (unpaired) electrons. The van der Waals surface area contributed by atoms with E-state index in [1.165, 1.54) is 6.08 Å². The first-order valence-corrected chi connectivity index (χ1v) is 4.23. The van der Waals surface area contributed by atoms with Crippen molar-refractivity contribution in [2.24, 2.45) is 4.99 Å². The second kappa shape index (κ2) is 5.07. The fourth-order valence-electron chi connectivity index (χ4n) is 0.941. The van der Waals surface area contributed by atoms with Crippen LogP contribution in [0.3, 0.4) is 0 Å². The van der Waals surface area contributed by atoms with Gasteiger partial charge >= 0.3 is 5.97 Å². The van der Waals surface area contributed by atoms with Gasteiger partial charge in [-0.3, -0.25) is 0 Å². The fourth-order valence-corrected chi connectivity index (χ4v) is 1.04. The van der Waals surface area contributed by atoms with Crippen molar-refractivity contribution in [3.05, 3.63) is 35.9 Å². The van der Waals surface area contributed by atoms with Crippen LogP contribution in [0.4, 0.5) is 5.69 Å². The normalized spacial score (nSPS) is 9.71. The summed E-state index contributed by atoms with van der Waals surface area (Å²) in [5.74, 6) is -0.994. The Labute approximate surface area is 86.4 Å². The largest absolute Gasteiger partial charge is 0.478 e. The van der Waals surface area contributed by atoms with Gasteiger partial charge in [-0.15, -0.1) is 0 Å². The van der Waals surface area contributed by atoms with E-state index in [1.807, 2.05) is 0 Å². The quantitative estimate of drug-likeness (QED) is 0.468. The molecule has 3 nitrogen and oxygen atoms in total. The number of nitrogens with zero attached hydrogens (tertiary/aromatic N) is 1. The lowest BCUT2D eigenvalue weighted by Crippen LogP contribution is -1.85. The van der Waals surface area contributed by atoms with Crippen molar-refractivity contribution >= 4 is 35.1 Å². The van der Waals surface area contributed by atoms with Crippen LogP contribution in [-0.2, 0) is 4.79 Å². The first-order chi connectivity index (χ1) is 6.74. The highest BCUT2D eigenvalue weighted by Crippen LogP contribution is 2.19. The molecule has 0 saturated heterocycles. The molecule has 0 heterocycles. The summed E-state index contributed by atoms with van der Waals surface area (Å²) in [6.07, 6.45) is 2.52. The number of carboxylic acids is 1. The molecule has 0 spiro atoms. The number of carboxylic acid groups (broad SMARTS) is 1. The minimum atomic E-state index is -0.994. The number of thiocarbonyl (C=S) groups is 1. The van der Waals surface area contributed by atoms with Crippen molar-refractivity contribution in [1.29, 1.82) is 0 Å². The minimum Gasteiger partial charge on any atom is -0.478 e. The van der Waals surface area contributed by atoms with Crippen LogP contribution in [0.1, 0.15) is 5.56 Å². The number of hydrogen-bond donors (Lipinski definition) is 1. The van der Waals surface area contributed by atoms with Crippen molar-refractivity contribution in [2.75, 3.05) is 0 Å². The van der Waals surface area contributed by atoms with Gasteiger partial charge in [0.25, 0.3) is 0 Å². The van der Waals surface area contributed by atoms with Crippen molar-refractivity contribution in [3.8, 4) is 0 Å². The van der Waals surface area contributed by atoms with Crippen molar-refractivity contribution in [2.45, 2.75) is 0 Å². The Morgan fingerprint density at radius 1 is 1.50 bits per heavy atom. The number of hydrogen-bond acceptors (Lipinski definition) is 3. The number of para-hydroxylation sites is 1. The lowest BCUT2D eigenvalue weighted by Gasteiger charge is -1.96. The first kappa shape index (κ1) is 10.3. The Morgan fingerprint density at radius 2 is 2.21 bits per heavy atom. The highest BCUT2D eigenvalue weighted by atomic mass is 32.1. The number of isothiocyanates is 1. The van der Waals surface area contributed by atoms with E-state index in [0.717, 1.165) is 6.08 Å². The van der Waals surface area contributed by atoms with Crippen LogP contribution in [-0.4, -0.2) is 16.2 Å². The topological polar surface area (TPSA) is 49.7 Å². The molecule has 0 unspecified atom stereocenters. The summed E-state index contributed by atoms with van der Waals surface area (Å²) >= 11 is 4.47. The molecular formula is C10H7NO2S. The summed E-state index contributed by atoms with van der Waals surface area (Å²) in [5, 5.41) is 10.7. The summed E-state index contributed by atoms with van der Waals surface area (Å²) in [6.45, 7) is 0. The number of carbonyl (C=O) groups is 1. The van der Waals surface area contributed by atoms with Crippen LogP contribution in [0.5, 0.6) is 0 Å². The van der Waals surface area contributed by atoms with Gasteiger partial charge in [-0.05, 0) is 24.4 Å². The summed E-state index contributed by atoms with van der Waals surface area (Å²) < 4.78 is 0. The van der Waals surface area contributed by atoms with Crippen LogP contribution in [0, 0.1) is 0 Å². The Kier molecular flexibility index (Phi) is 3.73. The van der Waals surface area contributed by atoms with E-state index in [2.05, 4.69) is 22.4 Å². The molecule has 1 N–H and O–H groups in total. The maximum atomic E-state index is 10.3. The Morgan fingerprint density at radius 3 is 2.86 bits per heavy atom. The second-order valence-corrected chi connectivity index (χ2v) is 2.62. The zero-order valence-electron chi connectivity index (χ0n) is 7.18. The van der Waals surface area contributed by atoms with E-state index in [0.29, 0.717) is 11.3 Å². The highest BCUT2D eigenvalue weighted by Gasteiger charge is 1.95. The lowest BCUT2D eigenvalue weighted by atomic mass is 10.1. The minimum absolute atomic E-state index is 0.611. The Balaban J connectivity index is 3.07. The number of benzene rings is 1. The van der Waals surface area contributed by atoms with Crippen LogP contribution in [0.15, 0.2) is 35.3 Å². The molecule has 0 atom stereocenters. The predicted molar refractivity (Wildman–Crippen MR) is 57.8 cm³/mol. The molecule has 0 aliphatic carbocycles. The maximum absolute atomic E-state index is 10.3. The molecular weight excluding hydrogens is 198 g/mol. The molecule has 0 aliphatic heterocycles. The fraction of sp³-hybridized carbons (Fsp3) is 0. The standard InChI is InChI=1S/C10H7NO2S/c12-10(13)6-5-8-3-1-2-4-9(8)11-7-14/h1-6H,(H,12,13). The van der Waals surface area contributed by atoms with E-state index in [9.17, 15) is 4.79 Å².